The van der Waals surface area contributed by atoms with Gasteiger partial charge in [-0.05, 0) is 49.4 Å². The normalized spacial score (nSPS) is 17.3. The van der Waals surface area contributed by atoms with Crippen LogP contribution < -0.4 is 4.74 Å². The first-order valence-electron chi connectivity index (χ1n) is 7.19. The molecule has 1 aromatic rings. The van der Waals surface area contributed by atoms with Crippen LogP contribution in [0, 0.1) is 0 Å². The molecule has 1 aromatic carbocycles. The Morgan fingerprint density at radius 1 is 1.42 bits per heavy atom. The van der Waals surface area contributed by atoms with Gasteiger partial charge in [0, 0.05) is 0 Å². The van der Waals surface area contributed by atoms with E-state index in [0.29, 0.717) is 5.56 Å². The van der Waals surface area contributed by atoms with Gasteiger partial charge in [-0.25, -0.2) is 4.79 Å². The number of thioether (sulfide) groups is 1. The summed E-state index contributed by atoms with van der Waals surface area (Å²) in [6.45, 7) is 3.26. The highest BCUT2D eigenvalue weighted by molar-refractivity contribution is 8.18. The summed E-state index contributed by atoms with van der Waals surface area (Å²) in [4.78, 5) is 37.3. The van der Waals surface area contributed by atoms with Crippen LogP contribution in [0.25, 0.3) is 6.08 Å². The van der Waals surface area contributed by atoms with Gasteiger partial charge in [-0.2, -0.15) is 0 Å². The van der Waals surface area contributed by atoms with Crippen LogP contribution in [-0.2, 0) is 14.3 Å². The number of rotatable bonds is 5. The lowest BCUT2D eigenvalue weighted by molar-refractivity contribution is -0.150. The molecule has 1 aliphatic rings. The lowest BCUT2D eigenvalue weighted by Crippen LogP contribution is -2.42. The maximum atomic E-state index is 12.4. The zero-order chi connectivity index (χ0) is 17.9. The Morgan fingerprint density at radius 2 is 2.12 bits per heavy atom. The summed E-state index contributed by atoms with van der Waals surface area (Å²) in [5, 5.41) is 9.05. The van der Waals surface area contributed by atoms with Crippen molar-refractivity contribution >= 4 is 35.0 Å². The zero-order valence-corrected chi connectivity index (χ0v) is 14.3. The van der Waals surface area contributed by atoms with Crippen LogP contribution in [0.15, 0.2) is 23.1 Å². The van der Waals surface area contributed by atoms with Crippen molar-refractivity contribution in [2.24, 2.45) is 0 Å². The average molecular weight is 351 g/mol. The number of carbonyl (C=O) groups is 3. The molecule has 1 saturated heterocycles. The number of carbonyl (C=O) groups excluding carboxylic acids is 3. The van der Waals surface area contributed by atoms with Crippen LogP contribution in [0.5, 0.6) is 11.5 Å². The fourth-order valence-corrected chi connectivity index (χ4v) is 3.03. The Bertz CT molecular complexity index is 715. The number of nitrogens with zero attached hydrogens (tertiary/aromatic N) is 1. The first-order valence-corrected chi connectivity index (χ1v) is 8.01. The molecular weight excluding hydrogens is 334 g/mol. The molecule has 0 unspecified atom stereocenters. The molecule has 1 aliphatic heterocycles. The highest BCUT2D eigenvalue weighted by Crippen LogP contribution is 2.35. The first kappa shape index (κ1) is 17.9. The minimum absolute atomic E-state index is 0.0290. The van der Waals surface area contributed by atoms with E-state index in [1.165, 1.54) is 32.2 Å². The quantitative estimate of drug-likeness (QED) is 0.643. The molecule has 1 atom stereocenters. The van der Waals surface area contributed by atoms with Gasteiger partial charge in [0.25, 0.3) is 11.1 Å². The first-order chi connectivity index (χ1) is 11.4. The number of hydrogen-bond donors (Lipinski definition) is 1. The van der Waals surface area contributed by atoms with E-state index in [9.17, 15) is 19.5 Å². The van der Waals surface area contributed by atoms with Gasteiger partial charge >= 0.3 is 5.97 Å². The van der Waals surface area contributed by atoms with Crippen molar-refractivity contribution in [1.29, 1.82) is 0 Å². The van der Waals surface area contributed by atoms with E-state index in [1.807, 2.05) is 0 Å². The molecule has 1 fully saturated rings. The Labute approximate surface area is 143 Å². The van der Waals surface area contributed by atoms with Crippen molar-refractivity contribution in [3.63, 3.8) is 0 Å². The fraction of sp³-hybridized carbons (Fsp3) is 0.312. The third-order valence-electron chi connectivity index (χ3n) is 3.34. The lowest BCUT2D eigenvalue weighted by atomic mass is 10.2. The molecule has 7 nitrogen and oxygen atoms in total. The van der Waals surface area contributed by atoms with E-state index in [4.69, 9.17) is 9.47 Å². The van der Waals surface area contributed by atoms with Crippen LogP contribution >= 0.6 is 11.8 Å². The maximum absolute atomic E-state index is 12.4. The van der Waals surface area contributed by atoms with Crippen molar-refractivity contribution < 1.29 is 29.0 Å². The largest absolute Gasteiger partial charge is 0.504 e. The smallest absolute Gasteiger partial charge is 0.329 e. The number of hydrogen-bond acceptors (Lipinski definition) is 7. The van der Waals surface area contributed by atoms with Gasteiger partial charge in [-0.15, -0.1) is 0 Å². The molecule has 2 rings (SSSR count). The SMILES string of the molecule is CCOC(=O)[C@H](C)N1C(=O)S/C(=C/c2ccc(O)c(OC)c2)C1=O. The Morgan fingerprint density at radius 3 is 2.75 bits per heavy atom. The predicted molar refractivity (Wildman–Crippen MR) is 88.6 cm³/mol. The van der Waals surface area contributed by atoms with Crippen molar-refractivity contribution in [2.75, 3.05) is 13.7 Å². The summed E-state index contributed by atoms with van der Waals surface area (Å²) in [7, 11) is 1.41. The molecule has 0 spiro atoms. The van der Waals surface area contributed by atoms with Gasteiger partial charge in [0.2, 0.25) is 0 Å². The van der Waals surface area contributed by atoms with Crippen molar-refractivity contribution in [3.8, 4) is 11.5 Å². The van der Waals surface area contributed by atoms with Crippen LogP contribution in [-0.4, -0.2) is 46.9 Å². The number of ether oxygens (including phenoxy) is 2. The monoisotopic (exact) mass is 351 g/mol. The minimum atomic E-state index is -0.988. The molecule has 128 valence electrons. The van der Waals surface area contributed by atoms with Crippen molar-refractivity contribution in [3.05, 3.63) is 28.7 Å². The molecule has 0 saturated carbocycles. The number of methoxy groups -OCH3 is 1. The van der Waals surface area contributed by atoms with E-state index in [-0.39, 0.29) is 23.0 Å². The number of aromatic hydroxyl groups is 1. The second-order valence-corrected chi connectivity index (χ2v) is 5.90. The Kier molecular flexibility index (Phi) is 5.50. The molecule has 8 heteroatoms. The number of imide groups is 1. The summed E-state index contributed by atoms with van der Waals surface area (Å²) >= 11 is 0.746. The van der Waals surface area contributed by atoms with Gasteiger partial charge in [-0.3, -0.25) is 14.5 Å². The lowest BCUT2D eigenvalue weighted by Gasteiger charge is -2.19. The third-order valence-corrected chi connectivity index (χ3v) is 4.22. The molecular formula is C16H17NO6S. The van der Waals surface area contributed by atoms with Crippen molar-refractivity contribution in [2.45, 2.75) is 19.9 Å². The summed E-state index contributed by atoms with van der Waals surface area (Å²) < 4.78 is 9.86. The minimum Gasteiger partial charge on any atom is -0.504 e. The number of esters is 1. The fourth-order valence-electron chi connectivity index (χ4n) is 2.12. The predicted octanol–water partition coefficient (Wildman–Crippen LogP) is 2.39. The summed E-state index contributed by atoms with van der Waals surface area (Å²) in [6, 6.07) is 3.56. The molecule has 0 aromatic heterocycles. The highest BCUT2D eigenvalue weighted by atomic mass is 32.2. The molecule has 0 bridgehead atoms. The number of amides is 2. The van der Waals surface area contributed by atoms with Gasteiger partial charge in [0.05, 0.1) is 18.6 Å². The highest BCUT2D eigenvalue weighted by Gasteiger charge is 2.41. The van der Waals surface area contributed by atoms with Gasteiger partial charge in [0.15, 0.2) is 11.5 Å². The second kappa shape index (κ2) is 7.39. The van der Waals surface area contributed by atoms with E-state index < -0.39 is 23.2 Å². The third kappa shape index (κ3) is 3.53. The summed E-state index contributed by atoms with van der Waals surface area (Å²) in [5.74, 6) is -0.966. The number of phenolic OH excluding ortho intramolecular Hbond substituents is 1. The van der Waals surface area contributed by atoms with Gasteiger partial charge < -0.3 is 14.6 Å². The topological polar surface area (TPSA) is 93.1 Å². The molecule has 2 amide bonds. The van der Waals surface area contributed by atoms with Crippen LogP contribution in [0.1, 0.15) is 19.4 Å². The average Bonchev–Trinajstić information content (AvgIpc) is 2.82. The van der Waals surface area contributed by atoms with Crippen LogP contribution in [0.4, 0.5) is 4.79 Å². The number of phenols is 1. The van der Waals surface area contributed by atoms with E-state index in [0.717, 1.165) is 16.7 Å². The molecule has 1 heterocycles. The molecule has 0 radical (unpaired) electrons. The van der Waals surface area contributed by atoms with E-state index >= 15 is 0 Å². The summed E-state index contributed by atoms with van der Waals surface area (Å²) in [5.41, 5.74) is 0.582. The maximum Gasteiger partial charge on any atom is 0.329 e. The van der Waals surface area contributed by atoms with Gasteiger partial charge in [0.1, 0.15) is 6.04 Å². The Hall–Kier alpha value is -2.48. The Balaban J connectivity index is 2.26. The van der Waals surface area contributed by atoms with Crippen LogP contribution in [0.3, 0.4) is 0 Å². The summed E-state index contributed by atoms with van der Waals surface area (Å²) in [6.07, 6.45) is 1.50. The molecule has 1 N–H and O–H groups in total. The standard InChI is InChI=1S/C16H17NO6S/c1-4-23-15(20)9(2)17-14(19)13(24-16(17)21)8-10-5-6-11(18)12(7-10)22-3/h5-9,18H,4H2,1-3H3/b13-8+/t9-/m0/s1. The van der Waals surface area contributed by atoms with Gasteiger partial charge in [-0.1, -0.05) is 6.07 Å². The second-order valence-electron chi connectivity index (χ2n) is 4.91. The number of benzene rings is 1. The molecule has 0 aliphatic carbocycles. The van der Waals surface area contributed by atoms with Crippen molar-refractivity contribution in [1.82, 2.24) is 4.90 Å². The van der Waals surface area contributed by atoms with Crippen LogP contribution in [0.2, 0.25) is 0 Å². The molecule has 24 heavy (non-hydrogen) atoms. The van der Waals surface area contributed by atoms with E-state index in [2.05, 4.69) is 0 Å². The van der Waals surface area contributed by atoms with E-state index in [1.54, 1.807) is 13.0 Å². The zero-order valence-electron chi connectivity index (χ0n) is 13.4.